The maximum absolute atomic E-state index is 12.3. The smallest absolute Gasteiger partial charge is 0.410 e. The molecule has 1 unspecified atom stereocenters. The van der Waals surface area contributed by atoms with Crippen LogP contribution < -0.4 is 4.74 Å². The second-order valence-corrected chi connectivity index (χ2v) is 11.7. The Hall–Kier alpha value is -2.44. The molecule has 1 atom stereocenters. The first-order chi connectivity index (χ1) is 19.4. The fraction of sp³-hybridized carbons (Fsp3) is 0.714. The largest absolute Gasteiger partial charge is 0.444 e. The van der Waals surface area contributed by atoms with Crippen LogP contribution in [0.3, 0.4) is 0 Å². The van der Waals surface area contributed by atoms with E-state index in [4.69, 9.17) is 10.1 Å². The summed E-state index contributed by atoms with van der Waals surface area (Å²) in [4.78, 5) is 13.8. The lowest BCUT2D eigenvalue weighted by atomic mass is 10.0. The monoisotopic (exact) mass is 598 g/mol. The van der Waals surface area contributed by atoms with Crippen LogP contribution in [0.1, 0.15) is 128 Å². The zero-order valence-electron chi connectivity index (χ0n) is 29.4. The minimum absolute atomic E-state index is 0.178. The number of carbonyl (C=O) groups excluding carboxylic acids is 1. The molecule has 0 saturated carbocycles. The van der Waals surface area contributed by atoms with Gasteiger partial charge in [-0.2, -0.15) is 8.78 Å². The highest BCUT2D eigenvalue weighted by Crippen LogP contribution is 2.20. The number of carbonyl (C=O) groups is 1. The van der Waals surface area contributed by atoms with E-state index in [0.717, 1.165) is 55.6 Å². The van der Waals surface area contributed by atoms with Gasteiger partial charge in [0.25, 0.3) is 0 Å². The van der Waals surface area contributed by atoms with Gasteiger partial charge in [-0.3, -0.25) is 0 Å². The molecule has 1 N–H and O–H groups in total. The number of nitrogens with zero attached hydrogens (tertiary/aromatic N) is 1. The first kappa shape index (κ1) is 44.0. The van der Waals surface area contributed by atoms with Gasteiger partial charge in [0.05, 0.1) is 0 Å². The Morgan fingerprint density at radius 1 is 0.976 bits per heavy atom. The Morgan fingerprint density at radius 3 is 1.88 bits per heavy atom. The van der Waals surface area contributed by atoms with Gasteiger partial charge in [-0.25, -0.2) is 4.79 Å². The number of benzene rings is 1. The van der Waals surface area contributed by atoms with Crippen molar-refractivity contribution in [1.29, 1.82) is 5.41 Å². The molecule has 0 aliphatic heterocycles. The van der Waals surface area contributed by atoms with Gasteiger partial charge in [-0.05, 0) is 83.4 Å². The lowest BCUT2D eigenvalue weighted by Crippen LogP contribution is -2.38. The van der Waals surface area contributed by atoms with Crippen LogP contribution in [0.25, 0.3) is 0 Å². The van der Waals surface area contributed by atoms with Crippen LogP contribution in [-0.4, -0.2) is 41.5 Å². The molecule has 1 aromatic carbocycles. The van der Waals surface area contributed by atoms with Crippen molar-refractivity contribution < 1.29 is 23.0 Å². The van der Waals surface area contributed by atoms with Crippen molar-refractivity contribution in [2.45, 2.75) is 141 Å². The van der Waals surface area contributed by atoms with Crippen LogP contribution >= 0.6 is 0 Å². The Labute approximate surface area is 258 Å². The van der Waals surface area contributed by atoms with Crippen molar-refractivity contribution in [3.8, 4) is 5.75 Å². The van der Waals surface area contributed by atoms with Gasteiger partial charge in [-0.15, -0.1) is 0 Å². The standard InChI is InChI=1S/C14H29NO2.C10H19N.C9H10F2O.C2H6/c1-7-10-15(11-9-12(3)8-2)13(16)17-14(4,5)6;1-5-6-7-9(4)10(11)8(2)3;1-7-3-5-8(6-4-7)12-9(2,10)11;1-2/h12H,7-11H2,1-6H3;7-8,11H,5-6H2,1-4H3;3-6H,1-2H3;1-2H3/b;9-7-,11-10?;;. The first-order valence-corrected chi connectivity index (χ1v) is 15.7. The fourth-order valence-corrected chi connectivity index (χ4v) is 3.21. The van der Waals surface area contributed by atoms with E-state index in [1.54, 1.807) is 12.1 Å². The molecule has 1 rings (SSSR count). The highest BCUT2D eigenvalue weighted by atomic mass is 19.3. The summed E-state index contributed by atoms with van der Waals surface area (Å²) in [5.41, 5.74) is 2.53. The van der Waals surface area contributed by atoms with Crippen LogP contribution in [0.4, 0.5) is 13.6 Å². The van der Waals surface area contributed by atoms with Crippen LogP contribution in [0.15, 0.2) is 35.9 Å². The van der Waals surface area contributed by atoms with Crippen LogP contribution in [0.2, 0.25) is 0 Å². The zero-order chi connectivity index (χ0) is 33.5. The molecule has 42 heavy (non-hydrogen) atoms. The minimum atomic E-state index is -3.10. The molecular formula is C35H64F2N2O3. The van der Waals surface area contributed by atoms with Crippen molar-refractivity contribution in [3.63, 3.8) is 0 Å². The van der Waals surface area contributed by atoms with Gasteiger partial charge in [0.15, 0.2) is 0 Å². The number of hydrogen-bond acceptors (Lipinski definition) is 4. The molecular weight excluding hydrogens is 534 g/mol. The molecule has 0 bridgehead atoms. The van der Waals surface area contributed by atoms with Crippen molar-refractivity contribution >= 4 is 11.8 Å². The van der Waals surface area contributed by atoms with Gasteiger partial charge in [-0.1, -0.05) is 92.0 Å². The number of aryl methyl sites for hydroxylation is 1. The number of halogens is 2. The molecule has 0 aromatic heterocycles. The molecule has 246 valence electrons. The number of allylic oxidation sites excluding steroid dienone is 2. The SMILES string of the molecule is CC.CCC/C=C(/C)C(=N)C(C)C.CCCN(CCC(C)CC)C(=O)OC(C)(C)C.Cc1ccc(OC(C)(F)F)cc1. The average Bonchev–Trinajstić information content (AvgIpc) is 2.90. The molecule has 0 spiro atoms. The summed E-state index contributed by atoms with van der Waals surface area (Å²) < 4.78 is 34.3. The van der Waals surface area contributed by atoms with Crippen molar-refractivity contribution in [1.82, 2.24) is 4.90 Å². The predicted octanol–water partition coefficient (Wildman–Crippen LogP) is 11.5. The Kier molecular flexibility index (Phi) is 25.2. The van der Waals surface area contributed by atoms with Crippen LogP contribution in [0, 0.1) is 24.2 Å². The van der Waals surface area contributed by atoms with E-state index in [0.29, 0.717) is 18.8 Å². The molecule has 0 aliphatic carbocycles. The van der Waals surface area contributed by atoms with E-state index in [1.807, 2.05) is 53.4 Å². The van der Waals surface area contributed by atoms with E-state index in [9.17, 15) is 13.6 Å². The summed E-state index contributed by atoms with van der Waals surface area (Å²) in [6.07, 6.45) is 4.33. The maximum atomic E-state index is 12.3. The molecule has 1 aromatic rings. The molecule has 7 heteroatoms. The Bertz CT molecular complexity index is 854. The van der Waals surface area contributed by atoms with Gasteiger partial charge in [0, 0.05) is 25.7 Å². The molecule has 5 nitrogen and oxygen atoms in total. The second-order valence-electron chi connectivity index (χ2n) is 11.7. The molecule has 0 saturated heterocycles. The van der Waals surface area contributed by atoms with E-state index in [1.165, 1.54) is 18.6 Å². The second kappa shape index (κ2) is 24.0. The number of nitrogens with one attached hydrogen (secondary N) is 1. The lowest BCUT2D eigenvalue weighted by molar-refractivity contribution is -0.158. The molecule has 0 heterocycles. The van der Waals surface area contributed by atoms with Gasteiger partial charge in [0.2, 0.25) is 0 Å². The normalized spacial score (nSPS) is 12.0. The molecule has 0 fully saturated rings. The third kappa shape index (κ3) is 26.5. The average molecular weight is 599 g/mol. The van der Waals surface area contributed by atoms with E-state index in [-0.39, 0.29) is 11.8 Å². The van der Waals surface area contributed by atoms with E-state index >= 15 is 0 Å². The third-order valence-corrected chi connectivity index (χ3v) is 5.79. The summed E-state index contributed by atoms with van der Waals surface area (Å²) >= 11 is 0. The summed E-state index contributed by atoms with van der Waals surface area (Å²) in [6.45, 7) is 28.7. The summed E-state index contributed by atoms with van der Waals surface area (Å²) in [7, 11) is 0. The van der Waals surface area contributed by atoms with Crippen LogP contribution in [0.5, 0.6) is 5.75 Å². The van der Waals surface area contributed by atoms with Gasteiger partial charge in [0.1, 0.15) is 11.4 Å². The highest BCUT2D eigenvalue weighted by Gasteiger charge is 2.23. The topological polar surface area (TPSA) is 62.6 Å². The van der Waals surface area contributed by atoms with E-state index in [2.05, 4.69) is 52.4 Å². The van der Waals surface area contributed by atoms with Crippen molar-refractivity contribution in [2.75, 3.05) is 13.1 Å². The lowest BCUT2D eigenvalue weighted by Gasteiger charge is -2.27. The van der Waals surface area contributed by atoms with Gasteiger partial charge >= 0.3 is 12.2 Å². The van der Waals surface area contributed by atoms with Crippen LogP contribution in [-0.2, 0) is 4.74 Å². The Morgan fingerprint density at radius 2 is 1.50 bits per heavy atom. The van der Waals surface area contributed by atoms with Crippen molar-refractivity contribution in [3.05, 3.63) is 41.5 Å². The highest BCUT2D eigenvalue weighted by molar-refractivity contribution is 5.98. The Balaban J connectivity index is -0.000000541. The van der Waals surface area contributed by atoms with Gasteiger partial charge < -0.3 is 19.8 Å². The maximum Gasteiger partial charge on any atom is 0.410 e. The number of ether oxygens (including phenoxy) is 2. The number of unbranched alkanes of at least 4 members (excludes halogenated alkanes) is 1. The minimum Gasteiger partial charge on any atom is -0.444 e. The summed E-state index contributed by atoms with van der Waals surface area (Å²) in [6, 6.07) is 6.49. The van der Waals surface area contributed by atoms with E-state index < -0.39 is 11.7 Å². The summed E-state index contributed by atoms with van der Waals surface area (Å²) in [5, 5.41) is 7.66. The fourth-order valence-electron chi connectivity index (χ4n) is 3.21. The number of alkyl halides is 2. The number of rotatable bonds is 12. The molecule has 0 radical (unpaired) electrons. The predicted molar refractivity (Wildman–Crippen MR) is 177 cm³/mol. The number of hydrogen-bond donors (Lipinski definition) is 1. The van der Waals surface area contributed by atoms with Crippen molar-refractivity contribution in [2.24, 2.45) is 11.8 Å². The number of amides is 1. The zero-order valence-corrected chi connectivity index (χ0v) is 29.4. The summed E-state index contributed by atoms with van der Waals surface area (Å²) in [5.74, 6) is 1.22. The first-order valence-electron chi connectivity index (χ1n) is 15.7. The molecule has 1 amide bonds. The molecule has 0 aliphatic rings. The third-order valence-electron chi connectivity index (χ3n) is 5.79. The quantitative estimate of drug-likeness (QED) is 0.243.